The van der Waals surface area contributed by atoms with Crippen LogP contribution in [0.25, 0.3) is 21.8 Å². The Morgan fingerprint density at radius 1 is 1.10 bits per heavy atom. The van der Waals surface area contributed by atoms with Gasteiger partial charge in [0.1, 0.15) is 5.65 Å². The number of aliphatic hydroxyl groups is 1. The third-order valence-electron chi connectivity index (χ3n) is 6.52. The van der Waals surface area contributed by atoms with Crippen LogP contribution in [0.4, 0.5) is 5.95 Å². The molecule has 2 N–H and O–H groups in total. The summed E-state index contributed by atoms with van der Waals surface area (Å²) in [4.78, 5) is 22.8. The summed E-state index contributed by atoms with van der Waals surface area (Å²) in [5, 5.41) is 16.1. The van der Waals surface area contributed by atoms with Crippen LogP contribution in [0.2, 0.25) is 5.02 Å². The molecule has 1 aromatic carbocycles. The van der Waals surface area contributed by atoms with E-state index in [1.165, 1.54) is 19.3 Å². The van der Waals surface area contributed by atoms with E-state index in [4.69, 9.17) is 16.6 Å². The molecule has 0 spiro atoms. The molecule has 2 aliphatic carbocycles. The van der Waals surface area contributed by atoms with Crippen LogP contribution in [0.3, 0.4) is 0 Å². The summed E-state index contributed by atoms with van der Waals surface area (Å²) in [5.74, 6) is 1.26. The number of aliphatic hydroxyl groups excluding tert-OH is 1. The van der Waals surface area contributed by atoms with Crippen molar-refractivity contribution in [3.63, 3.8) is 0 Å². The molecule has 2 fully saturated rings. The van der Waals surface area contributed by atoms with Crippen LogP contribution in [-0.2, 0) is 0 Å². The first-order valence-electron chi connectivity index (χ1n) is 10.5. The Labute approximate surface area is 173 Å². The van der Waals surface area contributed by atoms with Gasteiger partial charge in [0, 0.05) is 34.6 Å². The van der Waals surface area contributed by atoms with Crippen molar-refractivity contribution >= 4 is 39.4 Å². The van der Waals surface area contributed by atoms with Gasteiger partial charge in [0.05, 0.1) is 6.10 Å². The summed E-state index contributed by atoms with van der Waals surface area (Å²) in [6.07, 6.45) is 8.25. The Kier molecular flexibility index (Phi) is 4.92. The molecular weight excluding hydrogens is 388 g/mol. The van der Waals surface area contributed by atoms with Gasteiger partial charge in [-0.1, -0.05) is 24.1 Å². The molecule has 3 aromatic rings. The van der Waals surface area contributed by atoms with Crippen molar-refractivity contribution in [3.8, 4) is 0 Å². The molecule has 7 heteroatoms. The second-order valence-corrected chi connectivity index (χ2v) is 8.87. The maximum Gasteiger partial charge on any atom is 0.260 e. The van der Waals surface area contributed by atoms with Crippen molar-refractivity contribution in [2.75, 3.05) is 11.9 Å². The highest BCUT2D eigenvalue weighted by Gasteiger charge is 2.25. The zero-order valence-electron chi connectivity index (χ0n) is 16.3. The molecule has 152 valence electrons. The predicted molar refractivity (Wildman–Crippen MR) is 116 cm³/mol. The standard InChI is InChI=1S/C22H25ClN4O2/c23-14-4-9-17-18(10-14)21(29)27(15-5-7-16(28)8-6-15)20-19(17)12-25-22(26-20)24-11-13-2-1-3-13/h4,9-10,12-13,15-16,28H,1-3,5-8,11H2,(H,24,25,26). The summed E-state index contributed by atoms with van der Waals surface area (Å²) in [7, 11) is 0. The van der Waals surface area contributed by atoms with Gasteiger partial charge in [-0.2, -0.15) is 4.98 Å². The fourth-order valence-corrected chi connectivity index (χ4v) is 4.75. The SMILES string of the molecule is O=c1c2cc(Cl)ccc2c2cnc(NCC3CCC3)nc2n1C1CCC(O)CC1. The van der Waals surface area contributed by atoms with Gasteiger partial charge in [-0.15, -0.1) is 0 Å². The lowest BCUT2D eigenvalue weighted by Gasteiger charge is -2.28. The Hall–Kier alpha value is -2.18. The van der Waals surface area contributed by atoms with Gasteiger partial charge in [-0.25, -0.2) is 4.98 Å². The van der Waals surface area contributed by atoms with Crippen LogP contribution < -0.4 is 10.9 Å². The summed E-state index contributed by atoms with van der Waals surface area (Å²) >= 11 is 6.19. The number of anilines is 1. The maximum atomic E-state index is 13.5. The number of nitrogens with one attached hydrogen (secondary N) is 1. The van der Waals surface area contributed by atoms with Crippen molar-refractivity contribution in [1.29, 1.82) is 0 Å². The van der Waals surface area contributed by atoms with Gasteiger partial charge in [0.15, 0.2) is 0 Å². The average molecular weight is 413 g/mol. The van der Waals surface area contributed by atoms with Gasteiger partial charge in [0.2, 0.25) is 5.95 Å². The largest absolute Gasteiger partial charge is 0.393 e. The molecule has 0 radical (unpaired) electrons. The molecule has 2 saturated carbocycles. The summed E-state index contributed by atoms with van der Waals surface area (Å²) in [6.45, 7) is 0.870. The molecule has 5 rings (SSSR count). The van der Waals surface area contributed by atoms with E-state index in [2.05, 4.69) is 10.3 Å². The quantitative estimate of drug-likeness (QED) is 0.625. The number of pyridine rings is 1. The highest BCUT2D eigenvalue weighted by molar-refractivity contribution is 6.31. The smallest absolute Gasteiger partial charge is 0.260 e. The second kappa shape index (κ2) is 7.58. The fourth-order valence-electron chi connectivity index (χ4n) is 4.57. The number of rotatable bonds is 4. The van der Waals surface area contributed by atoms with Crippen molar-refractivity contribution in [2.45, 2.75) is 57.1 Å². The minimum atomic E-state index is -0.280. The lowest BCUT2D eigenvalue weighted by atomic mass is 9.85. The van der Waals surface area contributed by atoms with E-state index < -0.39 is 0 Å². The van der Waals surface area contributed by atoms with Gasteiger partial charge in [0.25, 0.3) is 5.56 Å². The van der Waals surface area contributed by atoms with Gasteiger partial charge < -0.3 is 10.4 Å². The number of hydrogen-bond donors (Lipinski definition) is 2. The van der Waals surface area contributed by atoms with Gasteiger partial charge >= 0.3 is 0 Å². The number of nitrogens with zero attached hydrogens (tertiary/aromatic N) is 3. The van der Waals surface area contributed by atoms with E-state index in [0.29, 0.717) is 40.8 Å². The van der Waals surface area contributed by atoms with Crippen LogP contribution >= 0.6 is 11.6 Å². The van der Waals surface area contributed by atoms with Crippen molar-refractivity contribution in [3.05, 3.63) is 39.8 Å². The summed E-state index contributed by atoms with van der Waals surface area (Å²) < 4.78 is 1.82. The third-order valence-corrected chi connectivity index (χ3v) is 6.76. The maximum absolute atomic E-state index is 13.5. The Morgan fingerprint density at radius 3 is 2.62 bits per heavy atom. The minimum absolute atomic E-state index is 0.0196. The van der Waals surface area contributed by atoms with E-state index >= 15 is 0 Å². The normalized spacial score (nSPS) is 22.7. The van der Waals surface area contributed by atoms with Crippen molar-refractivity contribution in [1.82, 2.24) is 14.5 Å². The van der Waals surface area contributed by atoms with Crippen LogP contribution in [0, 0.1) is 5.92 Å². The molecule has 0 bridgehead atoms. The molecule has 0 amide bonds. The van der Waals surface area contributed by atoms with E-state index in [1.807, 2.05) is 16.8 Å². The van der Waals surface area contributed by atoms with Gasteiger partial charge in [-0.3, -0.25) is 9.36 Å². The number of halogens is 1. The molecule has 0 saturated heterocycles. The number of aromatic nitrogens is 3. The molecule has 0 aliphatic heterocycles. The van der Waals surface area contributed by atoms with E-state index in [0.717, 1.165) is 30.2 Å². The molecule has 6 nitrogen and oxygen atoms in total. The molecular formula is C22H25ClN4O2. The first kappa shape index (κ1) is 18.8. The van der Waals surface area contributed by atoms with Crippen LogP contribution in [0.5, 0.6) is 0 Å². The highest BCUT2D eigenvalue weighted by atomic mass is 35.5. The Bertz CT molecular complexity index is 1120. The molecule has 0 unspecified atom stereocenters. The molecule has 29 heavy (non-hydrogen) atoms. The molecule has 2 heterocycles. The fraction of sp³-hybridized carbons (Fsp3) is 0.500. The number of hydrogen-bond acceptors (Lipinski definition) is 5. The Balaban J connectivity index is 1.66. The second-order valence-electron chi connectivity index (χ2n) is 8.44. The van der Waals surface area contributed by atoms with E-state index in [-0.39, 0.29) is 17.7 Å². The topological polar surface area (TPSA) is 80.0 Å². The van der Waals surface area contributed by atoms with Gasteiger partial charge in [-0.05, 0) is 62.0 Å². The highest BCUT2D eigenvalue weighted by Crippen LogP contribution is 2.32. The average Bonchev–Trinajstić information content (AvgIpc) is 2.68. The first-order valence-corrected chi connectivity index (χ1v) is 10.9. The van der Waals surface area contributed by atoms with E-state index in [1.54, 1.807) is 12.1 Å². The summed E-state index contributed by atoms with van der Waals surface area (Å²) in [5.41, 5.74) is 0.595. The lowest BCUT2D eigenvalue weighted by Crippen LogP contribution is -2.30. The monoisotopic (exact) mass is 412 g/mol. The van der Waals surface area contributed by atoms with E-state index in [9.17, 15) is 9.90 Å². The Morgan fingerprint density at radius 2 is 1.90 bits per heavy atom. The zero-order chi connectivity index (χ0) is 20.0. The minimum Gasteiger partial charge on any atom is -0.393 e. The third kappa shape index (κ3) is 3.49. The number of fused-ring (bicyclic) bond motifs is 3. The molecule has 2 aromatic heterocycles. The first-order chi connectivity index (χ1) is 14.1. The van der Waals surface area contributed by atoms with Crippen LogP contribution in [0.1, 0.15) is 51.0 Å². The zero-order valence-corrected chi connectivity index (χ0v) is 17.0. The molecule has 0 atom stereocenters. The van der Waals surface area contributed by atoms with Crippen LogP contribution in [0.15, 0.2) is 29.2 Å². The summed E-state index contributed by atoms with van der Waals surface area (Å²) in [6, 6.07) is 5.43. The van der Waals surface area contributed by atoms with Crippen LogP contribution in [-0.4, -0.2) is 32.3 Å². The lowest BCUT2D eigenvalue weighted by molar-refractivity contribution is 0.111. The molecule has 2 aliphatic rings. The number of benzene rings is 1. The predicted octanol–water partition coefficient (Wildman–Crippen LogP) is 4.29. The van der Waals surface area contributed by atoms with Crippen molar-refractivity contribution in [2.24, 2.45) is 5.92 Å². The van der Waals surface area contributed by atoms with Crippen molar-refractivity contribution < 1.29 is 5.11 Å².